The highest BCUT2D eigenvalue weighted by Crippen LogP contribution is 2.48. The van der Waals surface area contributed by atoms with Gasteiger partial charge in [0.1, 0.15) is 5.75 Å². The number of unbranched alkanes of at least 4 members (excludes halogenated alkanes) is 2. The Kier molecular flexibility index (Phi) is 8.49. The Morgan fingerprint density at radius 3 is 2.07 bits per heavy atom. The molecule has 0 unspecified atom stereocenters. The lowest BCUT2D eigenvalue weighted by Gasteiger charge is -2.42. The minimum absolute atomic E-state index is 0.215. The summed E-state index contributed by atoms with van der Waals surface area (Å²) >= 11 is 3.76. The van der Waals surface area contributed by atoms with Crippen LogP contribution in [-0.2, 0) is 15.6 Å². The van der Waals surface area contributed by atoms with Crippen molar-refractivity contribution in [1.29, 1.82) is 0 Å². The minimum atomic E-state index is -0.318. The zero-order chi connectivity index (χ0) is 21.9. The van der Waals surface area contributed by atoms with E-state index in [1.165, 1.54) is 24.0 Å². The van der Waals surface area contributed by atoms with Gasteiger partial charge in [0.25, 0.3) is 0 Å². The fourth-order valence-corrected chi connectivity index (χ4v) is 4.66. The molecule has 2 rings (SSSR count). The van der Waals surface area contributed by atoms with Crippen LogP contribution in [0.25, 0.3) is 0 Å². The number of rotatable bonds is 10. The predicted octanol–water partition coefficient (Wildman–Crippen LogP) is 7.90. The van der Waals surface area contributed by atoms with Gasteiger partial charge >= 0.3 is 0 Å². The van der Waals surface area contributed by atoms with Crippen LogP contribution in [0.2, 0.25) is 18.1 Å². The van der Waals surface area contributed by atoms with Gasteiger partial charge in [-0.2, -0.15) is 0 Å². The first kappa shape index (κ1) is 24.9. The van der Waals surface area contributed by atoms with Crippen molar-refractivity contribution < 1.29 is 9.47 Å². The Balaban J connectivity index is 1.81. The Bertz CT molecular complexity index is 680. The molecule has 1 radical (unpaired) electrons. The molecule has 0 amide bonds. The summed E-state index contributed by atoms with van der Waals surface area (Å²) in [5.41, 5.74) is 3.37. The summed E-state index contributed by atoms with van der Waals surface area (Å²) in [6, 6.07) is 4.60. The summed E-state index contributed by atoms with van der Waals surface area (Å²) < 4.78 is 13.2. The molecule has 1 aliphatic carbocycles. The monoisotopic (exact) mass is 481 g/mol. The molecule has 29 heavy (non-hydrogen) atoms. The summed E-state index contributed by atoms with van der Waals surface area (Å²) in [5.74, 6) is 0.994. The summed E-state index contributed by atoms with van der Waals surface area (Å²) in [6.07, 6.45) is 5.79. The average Bonchev–Trinajstić information content (AvgIpc) is 2.62. The maximum absolute atomic E-state index is 6.17. The van der Waals surface area contributed by atoms with Gasteiger partial charge in [-0.25, -0.2) is 0 Å². The van der Waals surface area contributed by atoms with Gasteiger partial charge in [-0.15, -0.1) is 0 Å². The molecular weight excluding hydrogens is 440 g/mol. The van der Waals surface area contributed by atoms with Crippen molar-refractivity contribution in [2.75, 3.05) is 19.8 Å². The highest BCUT2D eigenvalue weighted by Gasteiger charge is 2.37. The predicted molar refractivity (Wildman–Crippen MR) is 131 cm³/mol. The molecule has 0 spiro atoms. The summed E-state index contributed by atoms with van der Waals surface area (Å²) in [6.45, 7) is 21.4. The maximum Gasteiger partial charge on any atom is 0.133 e. The van der Waals surface area contributed by atoms with Crippen molar-refractivity contribution in [2.45, 2.75) is 103 Å². The molecule has 1 aromatic carbocycles. The SMILES string of the molecule is C[Si](C)C(C)(C)COCCCCCOc1cc2c(cc1Br)C(C)(C)CCC2(C)C. The molecule has 0 bridgehead atoms. The second-order valence-corrected chi connectivity index (χ2v) is 15.1. The molecule has 165 valence electrons. The highest BCUT2D eigenvalue weighted by molar-refractivity contribution is 9.10. The second kappa shape index (κ2) is 9.87. The van der Waals surface area contributed by atoms with Crippen molar-refractivity contribution in [3.05, 3.63) is 27.7 Å². The molecule has 0 atom stereocenters. The van der Waals surface area contributed by atoms with Crippen molar-refractivity contribution in [3.63, 3.8) is 0 Å². The van der Waals surface area contributed by atoms with Crippen LogP contribution < -0.4 is 4.74 Å². The van der Waals surface area contributed by atoms with E-state index in [2.05, 4.69) is 82.7 Å². The summed E-state index contributed by atoms with van der Waals surface area (Å²) in [4.78, 5) is 0. The van der Waals surface area contributed by atoms with Gasteiger partial charge in [0.05, 0.1) is 19.9 Å². The number of ether oxygens (including phenoxy) is 2. The molecular formula is C25H42BrO2Si. The highest BCUT2D eigenvalue weighted by atomic mass is 79.9. The van der Waals surface area contributed by atoms with Crippen LogP contribution in [0.4, 0.5) is 0 Å². The van der Waals surface area contributed by atoms with Crippen LogP contribution in [0.15, 0.2) is 16.6 Å². The van der Waals surface area contributed by atoms with Crippen LogP contribution in [0.3, 0.4) is 0 Å². The van der Waals surface area contributed by atoms with E-state index >= 15 is 0 Å². The van der Waals surface area contributed by atoms with E-state index in [0.29, 0.717) is 5.04 Å². The minimum Gasteiger partial charge on any atom is -0.492 e. The largest absolute Gasteiger partial charge is 0.492 e. The Morgan fingerprint density at radius 2 is 1.48 bits per heavy atom. The summed E-state index contributed by atoms with van der Waals surface area (Å²) in [5, 5.41) is 0.356. The number of hydrogen-bond acceptors (Lipinski definition) is 2. The van der Waals surface area contributed by atoms with E-state index in [1.807, 2.05) is 0 Å². The number of hydrogen-bond donors (Lipinski definition) is 0. The third kappa shape index (κ3) is 6.58. The average molecular weight is 483 g/mol. The normalized spacial score (nSPS) is 18.0. The third-order valence-corrected chi connectivity index (χ3v) is 10.4. The van der Waals surface area contributed by atoms with E-state index in [9.17, 15) is 0 Å². The van der Waals surface area contributed by atoms with Crippen LogP contribution in [0, 0.1) is 0 Å². The van der Waals surface area contributed by atoms with Gasteiger partial charge in [-0.3, -0.25) is 0 Å². The van der Waals surface area contributed by atoms with Crippen molar-refractivity contribution in [1.82, 2.24) is 0 Å². The molecule has 1 aromatic rings. The van der Waals surface area contributed by atoms with Gasteiger partial charge < -0.3 is 9.47 Å². The maximum atomic E-state index is 6.17. The molecule has 0 fully saturated rings. The molecule has 1 aliphatic rings. The van der Waals surface area contributed by atoms with Gasteiger partial charge in [0.2, 0.25) is 0 Å². The molecule has 0 saturated carbocycles. The lowest BCUT2D eigenvalue weighted by atomic mass is 9.63. The smallest absolute Gasteiger partial charge is 0.133 e. The van der Waals surface area contributed by atoms with Crippen molar-refractivity contribution in [2.24, 2.45) is 0 Å². The Labute approximate surface area is 189 Å². The fraction of sp³-hybridized carbons (Fsp3) is 0.760. The fourth-order valence-electron chi connectivity index (χ4n) is 3.81. The molecule has 0 N–H and O–H groups in total. The molecule has 0 saturated heterocycles. The van der Waals surface area contributed by atoms with Gasteiger partial charge in [0.15, 0.2) is 0 Å². The van der Waals surface area contributed by atoms with E-state index in [0.717, 1.165) is 49.3 Å². The second-order valence-electron chi connectivity index (χ2n) is 10.9. The van der Waals surface area contributed by atoms with E-state index in [-0.39, 0.29) is 19.6 Å². The van der Waals surface area contributed by atoms with E-state index in [1.54, 1.807) is 0 Å². The van der Waals surface area contributed by atoms with Crippen LogP contribution in [0.1, 0.15) is 84.8 Å². The first-order valence-corrected chi connectivity index (χ1v) is 14.5. The van der Waals surface area contributed by atoms with E-state index in [4.69, 9.17) is 9.47 Å². The summed E-state index contributed by atoms with van der Waals surface area (Å²) in [7, 11) is -0.318. The number of halogens is 1. The van der Waals surface area contributed by atoms with Crippen LogP contribution >= 0.6 is 15.9 Å². The van der Waals surface area contributed by atoms with Crippen LogP contribution in [0.5, 0.6) is 5.75 Å². The first-order valence-electron chi connectivity index (χ1n) is 11.2. The molecule has 2 nitrogen and oxygen atoms in total. The van der Waals surface area contributed by atoms with Crippen molar-refractivity contribution in [3.8, 4) is 5.75 Å². The lowest BCUT2D eigenvalue weighted by molar-refractivity contribution is 0.109. The molecule has 0 aliphatic heterocycles. The topological polar surface area (TPSA) is 18.5 Å². The molecule has 0 aromatic heterocycles. The van der Waals surface area contributed by atoms with Gasteiger partial charge in [-0.05, 0) is 87.2 Å². The first-order chi connectivity index (χ1) is 13.4. The van der Waals surface area contributed by atoms with Crippen molar-refractivity contribution >= 4 is 24.7 Å². The zero-order valence-electron chi connectivity index (χ0n) is 20.0. The zero-order valence-corrected chi connectivity index (χ0v) is 22.6. The Hall–Kier alpha value is -0.323. The lowest BCUT2D eigenvalue weighted by Crippen LogP contribution is -2.33. The Morgan fingerprint density at radius 1 is 0.931 bits per heavy atom. The van der Waals surface area contributed by atoms with E-state index < -0.39 is 0 Å². The number of benzene rings is 1. The van der Waals surface area contributed by atoms with Gasteiger partial charge in [0, 0.05) is 13.2 Å². The standard InChI is InChI=1S/C25H42BrO2Si/c1-23(2)12-13-24(3,4)20-17-22(21(26)16-19(20)23)28-15-11-9-10-14-27-18-25(5,6)29(7)8/h16-17H,9-15,18H2,1-8H3. The number of fused-ring (bicyclic) bond motifs is 1. The third-order valence-electron chi connectivity index (χ3n) is 6.91. The molecule has 4 heteroatoms. The van der Waals surface area contributed by atoms with Gasteiger partial charge in [-0.1, -0.05) is 54.6 Å². The van der Waals surface area contributed by atoms with Crippen LogP contribution in [-0.4, -0.2) is 28.6 Å². The molecule has 0 heterocycles. The quantitative estimate of drug-likeness (QED) is 0.249.